The lowest BCUT2D eigenvalue weighted by molar-refractivity contribution is -0.145. The van der Waals surface area contributed by atoms with Crippen molar-refractivity contribution < 1.29 is 29.7 Å². The lowest BCUT2D eigenvalue weighted by Crippen LogP contribution is -2.47. The second-order valence-electron chi connectivity index (χ2n) is 2.98. The van der Waals surface area contributed by atoms with Gasteiger partial charge in [0.2, 0.25) is 0 Å². The highest BCUT2D eigenvalue weighted by Crippen LogP contribution is 2.24. The summed E-state index contributed by atoms with van der Waals surface area (Å²) in [5, 5.41) is 25.9. The summed E-state index contributed by atoms with van der Waals surface area (Å²) >= 11 is 0. The van der Waals surface area contributed by atoms with Crippen molar-refractivity contribution in [3.05, 3.63) is 0 Å². The standard InChI is InChI=1S/C7H9NO6/c9-5(10)3-1-2-4(6(11)12)8(3)7(13)14/h3-4H,1-2H2,(H,9,10)(H,11,12)(H,13,14)/t3-,4+. The number of hydrogen-bond acceptors (Lipinski definition) is 3. The van der Waals surface area contributed by atoms with Crippen LogP contribution in [-0.4, -0.2) is 50.3 Å². The third-order valence-electron chi connectivity index (χ3n) is 2.18. The largest absolute Gasteiger partial charge is 0.480 e. The van der Waals surface area contributed by atoms with Crippen LogP contribution < -0.4 is 0 Å². The van der Waals surface area contributed by atoms with E-state index in [4.69, 9.17) is 15.3 Å². The van der Waals surface area contributed by atoms with Gasteiger partial charge in [-0.3, -0.25) is 4.90 Å². The molecule has 78 valence electrons. The van der Waals surface area contributed by atoms with Crippen LogP contribution in [0.4, 0.5) is 4.79 Å². The molecule has 7 heteroatoms. The quantitative estimate of drug-likeness (QED) is 0.565. The molecule has 0 spiro atoms. The second kappa shape index (κ2) is 3.52. The summed E-state index contributed by atoms with van der Waals surface area (Å²) in [5.41, 5.74) is 0. The highest BCUT2D eigenvalue weighted by atomic mass is 16.4. The van der Waals surface area contributed by atoms with Crippen LogP contribution in [0.3, 0.4) is 0 Å². The van der Waals surface area contributed by atoms with E-state index in [9.17, 15) is 14.4 Å². The van der Waals surface area contributed by atoms with Gasteiger partial charge in [0.25, 0.3) is 0 Å². The highest BCUT2D eigenvalue weighted by molar-refractivity contribution is 5.86. The summed E-state index contributed by atoms with van der Waals surface area (Å²) in [6.45, 7) is 0. The summed E-state index contributed by atoms with van der Waals surface area (Å²) < 4.78 is 0. The van der Waals surface area contributed by atoms with E-state index >= 15 is 0 Å². The van der Waals surface area contributed by atoms with Crippen LogP contribution >= 0.6 is 0 Å². The molecular weight excluding hydrogens is 194 g/mol. The predicted octanol–water partition coefficient (Wildman–Crippen LogP) is -0.333. The van der Waals surface area contributed by atoms with Gasteiger partial charge < -0.3 is 15.3 Å². The minimum atomic E-state index is -1.51. The number of carboxylic acid groups (broad SMARTS) is 3. The van der Waals surface area contributed by atoms with Gasteiger partial charge in [-0.25, -0.2) is 14.4 Å². The number of nitrogens with zero attached hydrogens (tertiary/aromatic N) is 1. The molecule has 0 aromatic carbocycles. The Bertz CT molecular complexity index is 266. The monoisotopic (exact) mass is 203 g/mol. The number of rotatable bonds is 2. The Balaban J connectivity index is 2.90. The Labute approximate surface area is 78.6 Å². The average Bonchev–Trinajstić information content (AvgIpc) is 2.46. The lowest BCUT2D eigenvalue weighted by atomic mass is 10.2. The summed E-state index contributed by atoms with van der Waals surface area (Å²) in [6, 6.07) is -2.48. The Hall–Kier alpha value is -1.79. The maximum absolute atomic E-state index is 10.6. The SMILES string of the molecule is O=C(O)[C@H]1CC[C@@H](C(=O)O)N1C(=O)O. The van der Waals surface area contributed by atoms with Gasteiger partial charge in [-0.15, -0.1) is 0 Å². The fraction of sp³-hybridized carbons (Fsp3) is 0.571. The fourth-order valence-electron chi connectivity index (χ4n) is 1.56. The first-order valence-electron chi connectivity index (χ1n) is 3.92. The first-order valence-corrected chi connectivity index (χ1v) is 3.92. The Morgan fingerprint density at radius 3 is 1.50 bits per heavy atom. The molecule has 0 radical (unpaired) electrons. The van der Waals surface area contributed by atoms with E-state index in [1.54, 1.807) is 0 Å². The molecule has 0 aromatic rings. The van der Waals surface area contributed by atoms with Crippen molar-refractivity contribution >= 4 is 18.0 Å². The second-order valence-corrected chi connectivity index (χ2v) is 2.98. The zero-order chi connectivity index (χ0) is 10.9. The molecule has 1 rings (SSSR count). The van der Waals surface area contributed by atoms with Crippen molar-refractivity contribution in [1.82, 2.24) is 4.90 Å². The zero-order valence-corrected chi connectivity index (χ0v) is 7.08. The highest BCUT2D eigenvalue weighted by Gasteiger charge is 2.44. The van der Waals surface area contributed by atoms with Gasteiger partial charge in [0, 0.05) is 0 Å². The lowest BCUT2D eigenvalue weighted by Gasteiger charge is -2.21. The van der Waals surface area contributed by atoms with Gasteiger partial charge in [-0.05, 0) is 12.8 Å². The first kappa shape index (κ1) is 10.3. The van der Waals surface area contributed by atoms with Gasteiger partial charge in [-0.1, -0.05) is 0 Å². The molecule has 3 N–H and O–H groups in total. The van der Waals surface area contributed by atoms with Gasteiger partial charge >= 0.3 is 18.0 Å². The van der Waals surface area contributed by atoms with Crippen LogP contribution in [0, 0.1) is 0 Å². The van der Waals surface area contributed by atoms with E-state index in [2.05, 4.69) is 0 Å². The topological polar surface area (TPSA) is 115 Å². The number of aliphatic carboxylic acids is 2. The minimum Gasteiger partial charge on any atom is -0.480 e. The Kier molecular flexibility index (Phi) is 2.59. The van der Waals surface area contributed by atoms with E-state index in [1.807, 2.05) is 0 Å². The molecule has 0 unspecified atom stereocenters. The van der Waals surface area contributed by atoms with Crippen molar-refractivity contribution in [1.29, 1.82) is 0 Å². The van der Waals surface area contributed by atoms with Crippen LogP contribution in [0.1, 0.15) is 12.8 Å². The fourth-order valence-corrected chi connectivity index (χ4v) is 1.56. The van der Waals surface area contributed by atoms with Gasteiger partial charge in [-0.2, -0.15) is 0 Å². The zero-order valence-electron chi connectivity index (χ0n) is 7.08. The van der Waals surface area contributed by atoms with E-state index in [1.165, 1.54) is 0 Å². The van der Waals surface area contributed by atoms with E-state index in [-0.39, 0.29) is 12.8 Å². The average molecular weight is 203 g/mol. The third kappa shape index (κ3) is 1.61. The predicted molar refractivity (Wildman–Crippen MR) is 41.9 cm³/mol. The number of hydrogen-bond donors (Lipinski definition) is 3. The summed E-state index contributed by atoms with van der Waals surface area (Å²) in [4.78, 5) is 32.3. The molecule has 2 atom stereocenters. The molecule has 14 heavy (non-hydrogen) atoms. The molecule has 0 saturated carbocycles. The maximum atomic E-state index is 10.6. The van der Waals surface area contributed by atoms with Crippen molar-refractivity contribution in [2.75, 3.05) is 0 Å². The molecule has 1 heterocycles. The molecule has 1 aliphatic rings. The van der Waals surface area contributed by atoms with Crippen LogP contribution in [0.2, 0.25) is 0 Å². The molecule has 1 amide bonds. The molecule has 0 bridgehead atoms. The van der Waals surface area contributed by atoms with Gasteiger partial charge in [0.15, 0.2) is 0 Å². The molecule has 1 aliphatic heterocycles. The van der Waals surface area contributed by atoms with Gasteiger partial charge in [0.1, 0.15) is 12.1 Å². The summed E-state index contributed by atoms with van der Waals surface area (Å²) in [7, 11) is 0. The Morgan fingerprint density at radius 1 is 0.929 bits per heavy atom. The summed E-state index contributed by atoms with van der Waals surface area (Å²) in [6.07, 6.45) is -1.43. The normalized spacial score (nSPS) is 26.1. The first-order chi connectivity index (χ1) is 6.45. The molecule has 1 saturated heterocycles. The number of likely N-dealkylation sites (tertiary alicyclic amines) is 1. The molecular formula is C7H9NO6. The van der Waals surface area contributed by atoms with Gasteiger partial charge in [0.05, 0.1) is 0 Å². The van der Waals surface area contributed by atoms with Crippen LogP contribution in [-0.2, 0) is 9.59 Å². The molecule has 0 aromatic heterocycles. The number of carboxylic acids is 2. The Morgan fingerprint density at radius 2 is 1.29 bits per heavy atom. The number of amides is 1. The molecule has 0 aliphatic carbocycles. The number of carbonyl (C=O) groups is 3. The van der Waals surface area contributed by atoms with E-state index < -0.39 is 30.1 Å². The van der Waals surface area contributed by atoms with Crippen LogP contribution in [0.15, 0.2) is 0 Å². The van der Waals surface area contributed by atoms with Crippen LogP contribution in [0.5, 0.6) is 0 Å². The molecule has 7 nitrogen and oxygen atoms in total. The summed E-state index contributed by atoms with van der Waals surface area (Å²) in [5.74, 6) is -2.62. The van der Waals surface area contributed by atoms with Crippen molar-refractivity contribution in [2.24, 2.45) is 0 Å². The van der Waals surface area contributed by atoms with Crippen LogP contribution in [0.25, 0.3) is 0 Å². The third-order valence-corrected chi connectivity index (χ3v) is 2.18. The van der Waals surface area contributed by atoms with Crippen molar-refractivity contribution in [3.8, 4) is 0 Å². The van der Waals surface area contributed by atoms with E-state index in [0.717, 1.165) is 0 Å². The maximum Gasteiger partial charge on any atom is 0.408 e. The minimum absolute atomic E-state index is 0.0403. The van der Waals surface area contributed by atoms with Crippen molar-refractivity contribution in [3.63, 3.8) is 0 Å². The smallest absolute Gasteiger partial charge is 0.408 e. The molecule has 1 fully saturated rings. The van der Waals surface area contributed by atoms with E-state index in [0.29, 0.717) is 4.90 Å². The van der Waals surface area contributed by atoms with Crippen molar-refractivity contribution in [2.45, 2.75) is 24.9 Å².